The van der Waals surface area contributed by atoms with E-state index in [9.17, 15) is 9.59 Å². The largest absolute Gasteiger partial charge is 0.508 e. The van der Waals surface area contributed by atoms with Crippen LogP contribution in [0.3, 0.4) is 0 Å². The molecule has 4 unspecified atom stereocenters. The summed E-state index contributed by atoms with van der Waals surface area (Å²) in [6.07, 6.45) is -0.474. The van der Waals surface area contributed by atoms with Crippen molar-refractivity contribution in [2.75, 3.05) is 26.4 Å². The van der Waals surface area contributed by atoms with Crippen LogP contribution in [0.25, 0.3) is 0 Å². The van der Waals surface area contributed by atoms with Crippen molar-refractivity contribution < 1.29 is 42.1 Å². The summed E-state index contributed by atoms with van der Waals surface area (Å²) in [4.78, 5) is 22.3. The van der Waals surface area contributed by atoms with Crippen molar-refractivity contribution in [1.82, 2.24) is 0 Å². The Morgan fingerprint density at radius 1 is 1.00 bits per heavy atom. The second-order valence-electron chi connectivity index (χ2n) is 8.94. The highest BCUT2D eigenvalue weighted by Crippen LogP contribution is 2.33. The molecule has 2 fully saturated rings. The van der Waals surface area contributed by atoms with Gasteiger partial charge < -0.3 is 32.5 Å². The van der Waals surface area contributed by atoms with Crippen molar-refractivity contribution in [2.45, 2.75) is 83.0 Å². The maximum Gasteiger partial charge on any atom is 0.508 e. The average molecular weight is 465 g/mol. The molecule has 2 saturated heterocycles. The first kappa shape index (κ1) is 25.1. The molecule has 2 heterocycles. The molecule has 174 valence electrons. The van der Waals surface area contributed by atoms with E-state index < -0.39 is 34.2 Å². The van der Waals surface area contributed by atoms with E-state index in [-0.39, 0.29) is 37.8 Å². The van der Waals surface area contributed by atoms with Gasteiger partial charge in [0.25, 0.3) is 0 Å². The topological polar surface area (TPSA) is 98.8 Å². The molecule has 0 N–H and O–H groups in total. The summed E-state index contributed by atoms with van der Waals surface area (Å²) in [7, 11) is -4.63. The highest BCUT2D eigenvalue weighted by Gasteiger charge is 2.49. The van der Waals surface area contributed by atoms with Gasteiger partial charge in [-0.05, 0) is 46.0 Å². The highest BCUT2D eigenvalue weighted by atomic mass is 28.4. The Morgan fingerprint density at radius 2 is 1.53 bits per heavy atom. The molecule has 30 heavy (non-hydrogen) atoms. The van der Waals surface area contributed by atoms with Gasteiger partial charge in [0.1, 0.15) is 13.2 Å². The number of ether oxygens (including phenoxy) is 5. The van der Waals surface area contributed by atoms with Gasteiger partial charge in [0.05, 0.1) is 24.2 Å². The van der Waals surface area contributed by atoms with Gasteiger partial charge >= 0.3 is 12.3 Å². The summed E-state index contributed by atoms with van der Waals surface area (Å²) in [6, 6.07) is 0. The molecule has 9 nitrogen and oxygen atoms in total. The fraction of sp³-hybridized carbons (Fsp3) is 0.895. The maximum atomic E-state index is 11.2. The maximum absolute atomic E-state index is 11.2. The minimum Gasteiger partial charge on any atom is -0.430 e. The van der Waals surface area contributed by atoms with Crippen molar-refractivity contribution in [3.8, 4) is 0 Å². The van der Waals surface area contributed by atoms with Crippen LogP contribution in [0.4, 0.5) is 9.59 Å². The van der Waals surface area contributed by atoms with E-state index in [0.29, 0.717) is 6.61 Å². The fourth-order valence-corrected chi connectivity index (χ4v) is 9.68. The third kappa shape index (κ3) is 6.19. The quantitative estimate of drug-likeness (QED) is 0.317. The van der Waals surface area contributed by atoms with E-state index in [1.165, 1.54) is 0 Å². The molecule has 0 aromatic heterocycles. The lowest BCUT2D eigenvalue weighted by Crippen LogP contribution is -2.61. The Kier molecular flexibility index (Phi) is 8.36. The van der Waals surface area contributed by atoms with Crippen molar-refractivity contribution >= 4 is 28.9 Å². The van der Waals surface area contributed by atoms with Crippen LogP contribution >= 0.6 is 0 Å². The predicted molar refractivity (Wildman–Crippen MR) is 113 cm³/mol. The zero-order valence-electron chi connectivity index (χ0n) is 19.1. The van der Waals surface area contributed by atoms with Crippen molar-refractivity contribution in [2.24, 2.45) is 0 Å². The van der Waals surface area contributed by atoms with E-state index >= 15 is 0 Å². The van der Waals surface area contributed by atoms with Crippen LogP contribution in [0.15, 0.2) is 0 Å². The first-order valence-corrected chi connectivity index (χ1v) is 16.4. The van der Waals surface area contributed by atoms with E-state index in [1.807, 2.05) is 0 Å². The minimum atomic E-state index is -2.37. The Hall–Kier alpha value is -1.15. The Bertz CT molecular complexity index is 613. The second-order valence-corrected chi connectivity index (χ2v) is 17.4. The molecule has 0 aliphatic carbocycles. The molecule has 0 radical (unpaired) electrons. The third-order valence-corrected chi connectivity index (χ3v) is 13.2. The fourth-order valence-electron chi connectivity index (χ4n) is 3.47. The minimum absolute atomic E-state index is 0.0423. The van der Waals surface area contributed by atoms with Crippen LogP contribution in [0, 0.1) is 0 Å². The summed E-state index contributed by atoms with van der Waals surface area (Å²) < 4.78 is 39.1. The zero-order valence-corrected chi connectivity index (χ0v) is 21.1. The van der Waals surface area contributed by atoms with E-state index in [4.69, 9.17) is 32.5 Å². The van der Waals surface area contributed by atoms with Gasteiger partial charge in [-0.1, -0.05) is 13.8 Å². The van der Waals surface area contributed by atoms with Crippen LogP contribution in [0.5, 0.6) is 0 Å². The molecule has 0 amide bonds. The molecule has 2 rings (SSSR count). The lowest BCUT2D eigenvalue weighted by Gasteiger charge is -2.46. The van der Waals surface area contributed by atoms with Gasteiger partial charge in [0.2, 0.25) is 16.6 Å². The first-order valence-electron chi connectivity index (χ1n) is 10.5. The van der Waals surface area contributed by atoms with Crippen LogP contribution in [0.2, 0.25) is 26.2 Å². The molecule has 0 aromatic rings. The summed E-state index contributed by atoms with van der Waals surface area (Å²) in [5.74, 6) is 0. The average Bonchev–Trinajstić information content (AvgIpc) is 3.30. The SMILES string of the molecule is CCC(O[Si](C)(C)C(C)(CC)OCC1COC(=O)O1)[Si](C)(C)OCC1COC(=O)O1. The van der Waals surface area contributed by atoms with Crippen LogP contribution in [0.1, 0.15) is 33.6 Å². The number of hydrogen-bond donors (Lipinski definition) is 0. The number of cyclic esters (lactones) is 4. The number of carbonyl (C=O) groups excluding carboxylic acids is 2. The smallest absolute Gasteiger partial charge is 0.430 e. The Labute approximate surface area is 180 Å². The van der Waals surface area contributed by atoms with Crippen molar-refractivity contribution in [1.29, 1.82) is 0 Å². The van der Waals surface area contributed by atoms with Gasteiger partial charge in [-0.2, -0.15) is 0 Å². The van der Waals surface area contributed by atoms with Crippen molar-refractivity contribution in [3.63, 3.8) is 0 Å². The number of carbonyl (C=O) groups is 2. The van der Waals surface area contributed by atoms with Crippen LogP contribution < -0.4 is 0 Å². The van der Waals surface area contributed by atoms with E-state index in [0.717, 1.165) is 12.8 Å². The van der Waals surface area contributed by atoms with Gasteiger partial charge in [-0.25, -0.2) is 9.59 Å². The molecule has 0 bridgehead atoms. The monoisotopic (exact) mass is 464 g/mol. The Morgan fingerprint density at radius 3 is 1.97 bits per heavy atom. The summed E-state index contributed by atoms with van der Waals surface area (Å²) in [6.45, 7) is 15.8. The van der Waals surface area contributed by atoms with E-state index in [2.05, 4.69) is 47.0 Å². The molecule has 4 atom stereocenters. The van der Waals surface area contributed by atoms with Gasteiger partial charge in [0.15, 0.2) is 12.2 Å². The summed E-state index contributed by atoms with van der Waals surface area (Å²) >= 11 is 0. The zero-order chi connectivity index (χ0) is 22.6. The number of hydrogen-bond acceptors (Lipinski definition) is 9. The summed E-state index contributed by atoms with van der Waals surface area (Å²) in [5.41, 5.74) is -0.0423. The highest BCUT2D eigenvalue weighted by molar-refractivity contribution is 6.77. The second kappa shape index (κ2) is 9.98. The molecule has 2 aliphatic rings. The molecule has 0 saturated carbocycles. The standard InChI is InChI=1S/C19H36O9Si2/c1-8-16(29(4,5)25-13-15-11-23-18(21)27-15)28-30(6,7)19(3,9-2)24-12-14-10-22-17(20)26-14/h14-16H,8-13H2,1-7H3. The van der Waals surface area contributed by atoms with Gasteiger partial charge in [0, 0.05) is 0 Å². The Balaban J connectivity index is 1.98. The van der Waals surface area contributed by atoms with E-state index in [1.54, 1.807) is 0 Å². The third-order valence-electron chi connectivity index (χ3n) is 6.06. The predicted octanol–water partition coefficient (Wildman–Crippen LogP) is 3.54. The molecule has 2 aliphatic heterocycles. The lowest BCUT2D eigenvalue weighted by atomic mass is 10.3. The van der Waals surface area contributed by atoms with Gasteiger partial charge in [-0.3, -0.25) is 0 Å². The summed E-state index contributed by atoms with van der Waals surface area (Å²) in [5, 5.41) is -0.477. The molecule has 0 aromatic carbocycles. The molecular weight excluding hydrogens is 428 g/mol. The first-order chi connectivity index (χ1) is 13.9. The molecular formula is C19H36O9Si2. The molecule has 0 spiro atoms. The normalized spacial score (nSPS) is 25.2. The van der Waals surface area contributed by atoms with Crippen LogP contribution in [-0.4, -0.2) is 78.5 Å². The van der Waals surface area contributed by atoms with Crippen LogP contribution in [-0.2, 0) is 32.5 Å². The lowest BCUT2D eigenvalue weighted by molar-refractivity contribution is -0.0358. The van der Waals surface area contributed by atoms with Gasteiger partial charge in [-0.15, -0.1) is 0 Å². The number of rotatable bonds is 12. The molecule has 11 heteroatoms. The van der Waals surface area contributed by atoms with Crippen molar-refractivity contribution in [3.05, 3.63) is 0 Å².